The number of fused-ring (bicyclic) bond motifs is 1. The summed E-state index contributed by atoms with van der Waals surface area (Å²) in [7, 11) is 3.19. The van der Waals surface area contributed by atoms with E-state index in [1.807, 2.05) is 42.5 Å². The van der Waals surface area contributed by atoms with E-state index in [4.69, 9.17) is 9.47 Å². The first-order valence-corrected chi connectivity index (χ1v) is 7.75. The number of benzene rings is 2. The molecule has 4 nitrogen and oxygen atoms in total. The van der Waals surface area contributed by atoms with Crippen LogP contribution in [-0.2, 0) is 4.79 Å². The van der Waals surface area contributed by atoms with Gasteiger partial charge in [-0.1, -0.05) is 6.07 Å². The van der Waals surface area contributed by atoms with Crippen LogP contribution in [0.2, 0.25) is 0 Å². The first-order valence-electron chi connectivity index (χ1n) is 6.67. The molecule has 0 radical (unpaired) electrons. The summed E-state index contributed by atoms with van der Waals surface area (Å²) in [5.74, 6) is 1.21. The molecule has 1 aliphatic heterocycles. The third kappa shape index (κ3) is 2.68. The minimum Gasteiger partial charge on any atom is -0.493 e. The molecule has 2 aromatic carbocycles. The summed E-state index contributed by atoms with van der Waals surface area (Å²) in [4.78, 5) is 12.2. The van der Waals surface area contributed by atoms with Gasteiger partial charge in [0.05, 0.1) is 14.2 Å². The molecule has 22 heavy (non-hydrogen) atoms. The van der Waals surface area contributed by atoms with Crippen LogP contribution in [0.15, 0.2) is 36.4 Å². The molecule has 1 heterocycles. The molecule has 0 saturated carbocycles. The van der Waals surface area contributed by atoms with Gasteiger partial charge in [-0.3, -0.25) is 4.79 Å². The van der Waals surface area contributed by atoms with Crippen LogP contribution < -0.4 is 14.8 Å². The molecule has 3 rings (SSSR count). The van der Waals surface area contributed by atoms with E-state index in [1.54, 1.807) is 14.2 Å². The van der Waals surface area contributed by atoms with E-state index in [0.717, 1.165) is 20.4 Å². The molecular formula is C17H14INO3. The molecular weight excluding hydrogens is 393 g/mol. The lowest BCUT2D eigenvalue weighted by Crippen LogP contribution is -2.03. The van der Waals surface area contributed by atoms with E-state index in [1.165, 1.54) is 0 Å². The van der Waals surface area contributed by atoms with Crippen LogP contribution in [-0.4, -0.2) is 20.1 Å². The highest BCUT2D eigenvalue weighted by molar-refractivity contribution is 14.1. The number of carbonyl (C=O) groups is 1. The Kier molecular flexibility index (Phi) is 4.06. The van der Waals surface area contributed by atoms with Crippen LogP contribution in [0, 0.1) is 3.57 Å². The van der Waals surface area contributed by atoms with Gasteiger partial charge in [0.15, 0.2) is 11.5 Å². The summed E-state index contributed by atoms with van der Waals surface area (Å²) in [6.45, 7) is 0. The lowest BCUT2D eigenvalue weighted by Gasteiger charge is -2.08. The van der Waals surface area contributed by atoms with Crippen molar-refractivity contribution in [3.63, 3.8) is 0 Å². The van der Waals surface area contributed by atoms with Gasteiger partial charge in [-0.05, 0) is 64.6 Å². The third-order valence-electron chi connectivity index (χ3n) is 3.48. The Bertz CT molecular complexity index is 783. The zero-order valence-electron chi connectivity index (χ0n) is 12.1. The smallest absolute Gasteiger partial charge is 0.256 e. The zero-order chi connectivity index (χ0) is 15.7. The average molecular weight is 407 g/mol. The number of methoxy groups -OCH3 is 2. The third-order valence-corrected chi connectivity index (χ3v) is 4.15. The van der Waals surface area contributed by atoms with Crippen molar-refractivity contribution in [2.24, 2.45) is 0 Å². The largest absolute Gasteiger partial charge is 0.493 e. The summed E-state index contributed by atoms with van der Waals surface area (Å²) in [5.41, 5.74) is 3.30. The summed E-state index contributed by atoms with van der Waals surface area (Å²) in [5, 5.41) is 2.88. The second-order valence-electron chi connectivity index (χ2n) is 4.82. The van der Waals surface area contributed by atoms with E-state index < -0.39 is 0 Å². The molecule has 0 unspecified atom stereocenters. The van der Waals surface area contributed by atoms with E-state index in [-0.39, 0.29) is 5.91 Å². The van der Waals surface area contributed by atoms with Crippen LogP contribution >= 0.6 is 22.6 Å². The monoisotopic (exact) mass is 407 g/mol. The van der Waals surface area contributed by atoms with Gasteiger partial charge in [-0.15, -0.1) is 0 Å². The molecule has 0 saturated heterocycles. The average Bonchev–Trinajstić information content (AvgIpc) is 2.83. The van der Waals surface area contributed by atoms with Crippen LogP contribution in [0.1, 0.15) is 11.1 Å². The highest BCUT2D eigenvalue weighted by Crippen LogP contribution is 2.35. The number of anilines is 1. The number of halogens is 1. The maximum atomic E-state index is 12.2. The second-order valence-corrected chi connectivity index (χ2v) is 6.06. The topological polar surface area (TPSA) is 47.6 Å². The summed E-state index contributed by atoms with van der Waals surface area (Å²) in [6.07, 6.45) is 1.86. The maximum Gasteiger partial charge on any atom is 0.256 e. The van der Waals surface area contributed by atoms with Gasteiger partial charge in [0.2, 0.25) is 0 Å². The van der Waals surface area contributed by atoms with E-state index in [2.05, 4.69) is 27.9 Å². The Morgan fingerprint density at radius 3 is 2.55 bits per heavy atom. The molecule has 5 heteroatoms. The lowest BCUT2D eigenvalue weighted by molar-refractivity contribution is -0.110. The molecule has 0 atom stereocenters. The van der Waals surface area contributed by atoms with Crippen LogP contribution in [0.4, 0.5) is 5.69 Å². The van der Waals surface area contributed by atoms with Crippen LogP contribution in [0.3, 0.4) is 0 Å². The predicted molar refractivity (Wildman–Crippen MR) is 95.2 cm³/mol. The molecule has 1 aliphatic rings. The summed E-state index contributed by atoms with van der Waals surface area (Å²) < 4.78 is 11.6. The number of hydrogen-bond donors (Lipinski definition) is 1. The lowest BCUT2D eigenvalue weighted by atomic mass is 10.0. The van der Waals surface area contributed by atoms with Gasteiger partial charge in [-0.2, -0.15) is 0 Å². The molecule has 112 valence electrons. The summed E-state index contributed by atoms with van der Waals surface area (Å²) in [6, 6.07) is 11.5. The van der Waals surface area contributed by atoms with Gasteiger partial charge in [-0.25, -0.2) is 0 Å². The fourth-order valence-electron chi connectivity index (χ4n) is 2.41. The summed E-state index contributed by atoms with van der Waals surface area (Å²) >= 11 is 2.24. The molecule has 0 spiro atoms. The molecule has 2 aromatic rings. The fraction of sp³-hybridized carbons (Fsp3) is 0.118. The normalized spacial score (nSPS) is 14.7. The van der Waals surface area contributed by atoms with Gasteiger partial charge in [0.25, 0.3) is 5.91 Å². The minimum absolute atomic E-state index is 0.0909. The standard InChI is InChI=1S/C17H14INO3/c1-21-15-6-3-10(8-16(15)22-2)7-13-12-9-11(18)4-5-14(12)19-17(13)20/h3-9H,1-2H3,(H,19,20). The number of ether oxygens (including phenoxy) is 2. The van der Waals surface area contributed by atoms with E-state index in [0.29, 0.717) is 17.1 Å². The van der Waals surface area contributed by atoms with Crippen molar-refractivity contribution in [3.05, 3.63) is 51.1 Å². The molecule has 1 N–H and O–H groups in total. The van der Waals surface area contributed by atoms with Crippen molar-refractivity contribution in [2.75, 3.05) is 19.5 Å². The van der Waals surface area contributed by atoms with Crippen molar-refractivity contribution in [1.29, 1.82) is 0 Å². The minimum atomic E-state index is -0.0909. The molecule has 0 fully saturated rings. The number of hydrogen-bond acceptors (Lipinski definition) is 3. The highest BCUT2D eigenvalue weighted by Gasteiger charge is 2.24. The first kappa shape index (κ1) is 14.9. The van der Waals surface area contributed by atoms with Crippen molar-refractivity contribution in [3.8, 4) is 11.5 Å². The Balaban J connectivity index is 2.06. The second kappa shape index (κ2) is 6.00. The van der Waals surface area contributed by atoms with E-state index >= 15 is 0 Å². The zero-order valence-corrected chi connectivity index (χ0v) is 14.3. The Hall–Kier alpha value is -2.02. The number of amides is 1. The highest BCUT2D eigenvalue weighted by atomic mass is 127. The molecule has 0 bridgehead atoms. The van der Waals surface area contributed by atoms with Crippen molar-refractivity contribution < 1.29 is 14.3 Å². The quantitative estimate of drug-likeness (QED) is 0.622. The SMILES string of the molecule is COc1ccc(C=C2C(=O)Nc3ccc(I)cc32)cc1OC. The maximum absolute atomic E-state index is 12.2. The van der Waals surface area contributed by atoms with E-state index in [9.17, 15) is 4.79 Å². The van der Waals surface area contributed by atoms with Crippen molar-refractivity contribution in [2.45, 2.75) is 0 Å². The van der Waals surface area contributed by atoms with Gasteiger partial charge >= 0.3 is 0 Å². The van der Waals surface area contributed by atoms with Gasteiger partial charge < -0.3 is 14.8 Å². The number of carbonyl (C=O) groups excluding carboxylic acids is 1. The number of nitrogens with one attached hydrogen (secondary N) is 1. The Morgan fingerprint density at radius 2 is 1.82 bits per heavy atom. The van der Waals surface area contributed by atoms with Crippen LogP contribution in [0.25, 0.3) is 11.6 Å². The fourth-order valence-corrected chi connectivity index (χ4v) is 2.90. The van der Waals surface area contributed by atoms with Gasteiger partial charge in [0.1, 0.15) is 0 Å². The number of rotatable bonds is 3. The van der Waals surface area contributed by atoms with Crippen molar-refractivity contribution in [1.82, 2.24) is 0 Å². The first-order chi connectivity index (χ1) is 10.6. The Labute approximate surface area is 142 Å². The van der Waals surface area contributed by atoms with Crippen LogP contribution in [0.5, 0.6) is 11.5 Å². The molecule has 0 aromatic heterocycles. The Morgan fingerprint density at radius 1 is 1.05 bits per heavy atom. The molecule has 0 aliphatic carbocycles. The van der Waals surface area contributed by atoms with Gasteiger partial charge in [0, 0.05) is 20.4 Å². The van der Waals surface area contributed by atoms with Crippen molar-refractivity contribution >= 4 is 45.8 Å². The molecule has 1 amide bonds. The predicted octanol–water partition coefficient (Wildman–Crippen LogP) is 3.80.